The van der Waals surface area contributed by atoms with Crippen LogP contribution in [0.5, 0.6) is 5.75 Å². The number of rotatable bonds is 5. The van der Waals surface area contributed by atoms with Crippen molar-refractivity contribution in [1.82, 2.24) is 5.32 Å². The van der Waals surface area contributed by atoms with E-state index in [4.69, 9.17) is 4.74 Å². The molecule has 0 radical (unpaired) electrons. The summed E-state index contributed by atoms with van der Waals surface area (Å²) in [5.74, 6) is 0.939. The first-order valence-corrected chi connectivity index (χ1v) is 8.85. The maximum absolute atomic E-state index is 11.8. The van der Waals surface area contributed by atoms with Crippen LogP contribution in [0.3, 0.4) is 0 Å². The molecule has 1 amide bonds. The van der Waals surface area contributed by atoms with Crippen molar-refractivity contribution >= 4 is 15.7 Å². The molecule has 1 aromatic carbocycles. The maximum Gasteiger partial charge on any atom is 0.257 e. The minimum atomic E-state index is -2.89. The fraction of sp³-hybridized carbons (Fsp3) is 0.533. The molecule has 0 aromatic heterocycles. The molecule has 1 aromatic rings. The summed E-state index contributed by atoms with van der Waals surface area (Å²) in [7, 11) is -2.89. The molecule has 1 unspecified atom stereocenters. The van der Waals surface area contributed by atoms with Crippen LogP contribution in [0.2, 0.25) is 0 Å². The molecule has 5 nitrogen and oxygen atoms in total. The summed E-state index contributed by atoms with van der Waals surface area (Å²) in [4.78, 5) is 11.8. The third-order valence-electron chi connectivity index (χ3n) is 3.67. The Labute approximate surface area is 125 Å². The largest absolute Gasteiger partial charge is 0.483 e. The van der Waals surface area contributed by atoms with Gasteiger partial charge in [-0.05, 0) is 37.3 Å². The van der Waals surface area contributed by atoms with Gasteiger partial charge in [-0.2, -0.15) is 0 Å². The van der Waals surface area contributed by atoms with Crippen LogP contribution in [0.15, 0.2) is 18.2 Å². The molecule has 21 heavy (non-hydrogen) atoms. The standard InChI is InChI=1S/C15H21NO4S/c1-11-4-3-5-12(2)15(11)20-9-14(17)16-8-13-6-7-21(18,19)10-13/h3-5,13H,6-10H2,1-2H3,(H,16,17). The maximum atomic E-state index is 11.8. The number of benzene rings is 1. The highest BCUT2D eigenvalue weighted by Gasteiger charge is 2.27. The van der Waals surface area contributed by atoms with Crippen molar-refractivity contribution in [3.05, 3.63) is 29.3 Å². The van der Waals surface area contributed by atoms with Gasteiger partial charge in [0.15, 0.2) is 16.4 Å². The molecule has 116 valence electrons. The summed E-state index contributed by atoms with van der Waals surface area (Å²) in [5.41, 5.74) is 1.98. The third kappa shape index (κ3) is 4.46. The summed E-state index contributed by atoms with van der Waals surface area (Å²) in [5, 5.41) is 2.74. The number of hydrogen-bond donors (Lipinski definition) is 1. The predicted octanol–water partition coefficient (Wildman–Crippen LogP) is 1.23. The lowest BCUT2D eigenvalue weighted by atomic mass is 10.1. The summed E-state index contributed by atoms with van der Waals surface area (Å²) in [6, 6.07) is 5.81. The number of carbonyl (C=O) groups excluding carboxylic acids is 1. The average molecular weight is 311 g/mol. The van der Waals surface area contributed by atoms with Crippen LogP contribution in [0.1, 0.15) is 17.5 Å². The van der Waals surface area contributed by atoms with Crippen LogP contribution in [0.25, 0.3) is 0 Å². The van der Waals surface area contributed by atoms with E-state index in [2.05, 4.69) is 5.32 Å². The van der Waals surface area contributed by atoms with Gasteiger partial charge in [-0.15, -0.1) is 0 Å². The molecule has 1 aliphatic heterocycles. The number of hydrogen-bond acceptors (Lipinski definition) is 4. The van der Waals surface area contributed by atoms with Crippen LogP contribution in [0, 0.1) is 19.8 Å². The highest BCUT2D eigenvalue weighted by molar-refractivity contribution is 7.91. The fourth-order valence-corrected chi connectivity index (χ4v) is 4.37. The molecule has 0 saturated carbocycles. The van der Waals surface area contributed by atoms with Gasteiger partial charge < -0.3 is 10.1 Å². The molecular weight excluding hydrogens is 290 g/mol. The van der Waals surface area contributed by atoms with E-state index in [-0.39, 0.29) is 29.9 Å². The molecule has 1 heterocycles. The van der Waals surface area contributed by atoms with Gasteiger partial charge in [0.1, 0.15) is 5.75 Å². The van der Waals surface area contributed by atoms with Gasteiger partial charge in [-0.3, -0.25) is 4.79 Å². The van der Waals surface area contributed by atoms with Crippen LogP contribution >= 0.6 is 0 Å². The number of sulfone groups is 1. The Kier molecular flexibility index (Phi) is 4.88. The lowest BCUT2D eigenvalue weighted by Crippen LogP contribution is -2.33. The second-order valence-corrected chi connectivity index (χ2v) is 7.81. The molecule has 1 fully saturated rings. The van der Waals surface area contributed by atoms with Crippen molar-refractivity contribution in [3.63, 3.8) is 0 Å². The van der Waals surface area contributed by atoms with E-state index < -0.39 is 9.84 Å². The minimum absolute atomic E-state index is 0.0270. The van der Waals surface area contributed by atoms with Crippen molar-refractivity contribution in [2.75, 3.05) is 24.7 Å². The minimum Gasteiger partial charge on any atom is -0.483 e. The van der Waals surface area contributed by atoms with Crippen LogP contribution in [0.4, 0.5) is 0 Å². The van der Waals surface area contributed by atoms with E-state index in [1.54, 1.807) is 0 Å². The molecule has 1 saturated heterocycles. The summed E-state index contributed by atoms with van der Waals surface area (Å²) in [6.07, 6.45) is 0.625. The predicted molar refractivity (Wildman–Crippen MR) is 81.2 cm³/mol. The zero-order chi connectivity index (χ0) is 15.5. The highest BCUT2D eigenvalue weighted by atomic mass is 32.2. The van der Waals surface area contributed by atoms with Crippen LogP contribution in [-0.2, 0) is 14.6 Å². The Morgan fingerprint density at radius 3 is 2.57 bits per heavy atom. The molecule has 2 rings (SSSR count). The van der Waals surface area contributed by atoms with Crippen LogP contribution < -0.4 is 10.1 Å². The quantitative estimate of drug-likeness (QED) is 0.888. The van der Waals surface area contributed by atoms with E-state index >= 15 is 0 Å². The number of aryl methyl sites for hydroxylation is 2. The monoisotopic (exact) mass is 311 g/mol. The number of amides is 1. The highest BCUT2D eigenvalue weighted by Crippen LogP contribution is 2.22. The molecule has 1 atom stereocenters. The van der Waals surface area contributed by atoms with E-state index in [0.717, 1.165) is 16.9 Å². The topological polar surface area (TPSA) is 72.5 Å². The van der Waals surface area contributed by atoms with Gasteiger partial charge in [0.25, 0.3) is 5.91 Å². The second kappa shape index (κ2) is 6.47. The summed E-state index contributed by atoms with van der Waals surface area (Å²) >= 11 is 0. The first-order chi connectivity index (χ1) is 9.87. The van der Waals surface area contributed by atoms with Crippen LogP contribution in [-0.4, -0.2) is 39.0 Å². The molecule has 6 heteroatoms. The Balaban J connectivity index is 1.78. The molecule has 1 N–H and O–H groups in total. The number of carbonyl (C=O) groups is 1. The first-order valence-electron chi connectivity index (χ1n) is 7.03. The lowest BCUT2D eigenvalue weighted by molar-refractivity contribution is -0.123. The van der Waals surface area contributed by atoms with Crippen molar-refractivity contribution in [2.24, 2.45) is 5.92 Å². The van der Waals surface area contributed by atoms with Gasteiger partial charge in [-0.25, -0.2) is 8.42 Å². The molecule has 0 aliphatic carbocycles. The normalized spacial score (nSPS) is 20.2. The zero-order valence-electron chi connectivity index (χ0n) is 12.4. The van der Waals surface area contributed by atoms with Gasteiger partial charge in [0.05, 0.1) is 11.5 Å². The Morgan fingerprint density at radius 2 is 2.00 bits per heavy atom. The Hall–Kier alpha value is -1.56. The van der Waals surface area contributed by atoms with Crippen molar-refractivity contribution in [1.29, 1.82) is 0 Å². The molecule has 1 aliphatic rings. The fourth-order valence-electron chi connectivity index (χ4n) is 2.51. The Bertz CT molecular complexity index is 604. The Morgan fingerprint density at radius 1 is 1.33 bits per heavy atom. The molecule has 0 spiro atoms. The van der Waals surface area contributed by atoms with Gasteiger partial charge in [0.2, 0.25) is 0 Å². The smallest absolute Gasteiger partial charge is 0.257 e. The zero-order valence-corrected chi connectivity index (χ0v) is 13.2. The number of para-hydroxylation sites is 1. The summed E-state index contributed by atoms with van der Waals surface area (Å²) < 4.78 is 28.2. The van der Waals surface area contributed by atoms with Crippen molar-refractivity contribution in [3.8, 4) is 5.75 Å². The van der Waals surface area contributed by atoms with Crippen molar-refractivity contribution in [2.45, 2.75) is 20.3 Å². The van der Waals surface area contributed by atoms with Gasteiger partial charge in [-0.1, -0.05) is 18.2 Å². The second-order valence-electron chi connectivity index (χ2n) is 5.58. The third-order valence-corrected chi connectivity index (χ3v) is 5.51. The number of nitrogens with one attached hydrogen (secondary N) is 1. The van der Waals surface area contributed by atoms with E-state index in [9.17, 15) is 13.2 Å². The summed E-state index contributed by atoms with van der Waals surface area (Å²) in [6.45, 7) is 4.21. The lowest BCUT2D eigenvalue weighted by Gasteiger charge is -2.13. The molecular formula is C15H21NO4S. The SMILES string of the molecule is Cc1cccc(C)c1OCC(=O)NCC1CCS(=O)(=O)C1. The van der Waals surface area contributed by atoms with E-state index in [0.29, 0.717) is 13.0 Å². The van der Waals surface area contributed by atoms with Gasteiger partial charge >= 0.3 is 0 Å². The van der Waals surface area contributed by atoms with E-state index in [1.807, 2.05) is 32.0 Å². The van der Waals surface area contributed by atoms with Gasteiger partial charge in [0, 0.05) is 6.54 Å². The molecule has 0 bridgehead atoms. The van der Waals surface area contributed by atoms with Crippen molar-refractivity contribution < 1.29 is 17.9 Å². The first kappa shape index (κ1) is 15.8. The van der Waals surface area contributed by atoms with E-state index in [1.165, 1.54) is 0 Å². The number of ether oxygens (including phenoxy) is 1. The average Bonchev–Trinajstić information content (AvgIpc) is 2.75.